The largest absolute Gasteiger partial charge is 0.488 e. The molecule has 0 fully saturated rings. The lowest BCUT2D eigenvalue weighted by Crippen LogP contribution is -2.12. The first kappa shape index (κ1) is 11.4. The summed E-state index contributed by atoms with van der Waals surface area (Å²) >= 11 is 3.42. The molecule has 0 amide bonds. The molecule has 0 spiro atoms. The highest BCUT2D eigenvalue weighted by Crippen LogP contribution is 2.24. The minimum Gasteiger partial charge on any atom is -0.488 e. The molecule has 0 aliphatic heterocycles. The molecule has 2 aromatic rings. The van der Waals surface area contributed by atoms with Crippen LogP contribution in [-0.4, -0.2) is 16.4 Å². The summed E-state index contributed by atoms with van der Waals surface area (Å²) in [6, 6.07) is 10.0. The van der Waals surface area contributed by atoms with E-state index in [1.807, 2.05) is 30.3 Å². The van der Waals surface area contributed by atoms with E-state index in [9.17, 15) is 0 Å². The molecule has 0 bridgehead atoms. The normalized spacial score (nSPS) is 12.6. The first-order valence-corrected chi connectivity index (χ1v) is 6.50. The lowest BCUT2D eigenvalue weighted by molar-refractivity contribution is 0.221. The number of aromatic nitrogens is 1. The summed E-state index contributed by atoms with van der Waals surface area (Å²) in [4.78, 5) is 4.36. The Bertz CT molecular complexity index is 467. The van der Waals surface area contributed by atoms with Gasteiger partial charge in [0, 0.05) is 16.9 Å². The second-order valence-corrected chi connectivity index (χ2v) is 4.53. The van der Waals surface area contributed by atoms with Crippen LogP contribution in [0.2, 0.25) is 0 Å². The number of alkyl halides is 1. The summed E-state index contributed by atoms with van der Waals surface area (Å²) in [6.07, 6.45) is 2.99. The first-order valence-electron chi connectivity index (χ1n) is 5.37. The van der Waals surface area contributed by atoms with Gasteiger partial charge in [-0.25, -0.2) is 0 Å². The van der Waals surface area contributed by atoms with Gasteiger partial charge in [0.2, 0.25) is 0 Å². The summed E-state index contributed by atoms with van der Waals surface area (Å²) in [5.74, 6) is 0.867. The first-order chi connectivity index (χ1) is 7.81. The van der Waals surface area contributed by atoms with Crippen LogP contribution in [0.3, 0.4) is 0 Å². The summed E-state index contributed by atoms with van der Waals surface area (Å²) in [5, 5.41) is 2.07. The average Bonchev–Trinajstić information content (AvgIpc) is 2.30. The molecule has 0 N–H and O–H groups in total. The van der Waals surface area contributed by atoms with E-state index < -0.39 is 0 Å². The number of pyridine rings is 1. The lowest BCUT2D eigenvalue weighted by atomic mass is 10.2. The molecular weight excluding hydrogens is 266 g/mol. The molecule has 84 valence electrons. The molecule has 1 heterocycles. The fraction of sp³-hybridized carbons (Fsp3) is 0.308. The molecule has 0 aliphatic carbocycles. The summed E-state index contributed by atoms with van der Waals surface area (Å²) < 4.78 is 5.88. The highest BCUT2D eigenvalue weighted by Gasteiger charge is 2.06. The number of benzene rings is 1. The number of hydrogen-bond donors (Lipinski definition) is 0. The number of hydrogen-bond acceptors (Lipinski definition) is 2. The van der Waals surface area contributed by atoms with Crippen molar-refractivity contribution in [3.63, 3.8) is 0 Å². The molecule has 0 aliphatic rings. The number of nitrogens with zero attached hydrogens (tertiary/aromatic N) is 1. The number of rotatable bonds is 4. The molecule has 16 heavy (non-hydrogen) atoms. The van der Waals surface area contributed by atoms with Crippen molar-refractivity contribution in [2.45, 2.75) is 19.4 Å². The van der Waals surface area contributed by atoms with Crippen molar-refractivity contribution < 1.29 is 4.74 Å². The highest BCUT2D eigenvalue weighted by molar-refractivity contribution is 9.09. The van der Waals surface area contributed by atoms with Crippen LogP contribution in [-0.2, 0) is 0 Å². The molecule has 2 nitrogen and oxygen atoms in total. The Balaban J connectivity index is 2.30. The Kier molecular flexibility index (Phi) is 3.78. The van der Waals surface area contributed by atoms with Gasteiger partial charge in [0.15, 0.2) is 0 Å². The van der Waals surface area contributed by atoms with E-state index in [-0.39, 0.29) is 6.10 Å². The topological polar surface area (TPSA) is 22.1 Å². The maximum Gasteiger partial charge on any atom is 0.145 e. The van der Waals surface area contributed by atoms with E-state index in [1.165, 1.54) is 0 Å². The fourth-order valence-electron chi connectivity index (χ4n) is 1.60. The zero-order valence-electron chi connectivity index (χ0n) is 9.19. The van der Waals surface area contributed by atoms with Gasteiger partial charge in [-0.3, -0.25) is 4.98 Å². The van der Waals surface area contributed by atoms with Crippen LogP contribution in [0, 0.1) is 0 Å². The average molecular weight is 280 g/mol. The molecule has 0 radical (unpaired) electrons. The number of halogens is 1. The van der Waals surface area contributed by atoms with E-state index in [4.69, 9.17) is 4.74 Å². The van der Waals surface area contributed by atoms with Crippen LogP contribution in [0.25, 0.3) is 10.9 Å². The molecule has 3 heteroatoms. The van der Waals surface area contributed by atoms with E-state index >= 15 is 0 Å². The minimum atomic E-state index is 0.201. The maximum absolute atomic E-state index is 5.88. The Hall–Kier alpha value is -1.09. The summed E-state index contributed by atoms with van der Waals surface area (Å²) in [7, 11) is 0. The van der Waals surface area contributed by atoms with Gasteiger partial charge in [-0.15, -0.1) is 0 Å². The Labute approximate surface area is 104 Å². The van der Waals surface area contributed by atoms with Gasteiger partial charge >= 0.3 is 0 Å². The predicted molar refractivity (Wildman–Crippen MR) is 70.2 cm³/mol. The van der Waals surface area contributed by atoms with Crippen LogP contribution in [0.4, 0.5) is 0 Å². The molecule has 1 unspecified atom stereocenters. The second-order valence-electron chi connectivity index (χ2n) is 3.74. The van der Waals surface area contributed by atoms with E-state index in [2.05, 4.69) is 27.8 Å². The summed E-state index contributed by atoms with van der Waals surface area (Å²) in [5.41, 5.74) is 0.937. The van der Waals surface area contributed by atoms with Crippen LogP contribution < -0.4 is 4.74 Å². The highest BCUT2D eigenvalue weighted by atomic mass is 79.9. The molecule has 0 saturated heterocycles. The zero-order valence-corrected chi connectivity index (χ0v) is 10.8. The van der Waals surface area contributed by atoms with Crippen molar-refractivity contribution in [3.8, 4) is 5.75 Å². The van der Waals surface area contributed by atoms with Crippen molar-refractivity contribution in [3.05, 3.63) is 36.5 Å². The standard InChI is InChI=1S/C13H14BrNO/c1-10(7-8-14)16-12-6-2-4-11-5-3-9-15-13(11)12/h2-6,9-10H,7-8H2,1H3. The van der Waals surface area contributed by atoms with Gasteiger partial charge in [0.05, 0.1) is 6.10 Å². The van der Waals surface area contributed by atoms with Crippen molar-refractivity contribution in [2.24, 2.45) is 0 Å². The molecular formula is C13H14BrNO. The van der Waals surface area contributed by atoms with Crippen LogP contribution in [0.1, 0.15) is 13.3 Å². The van der Waals surface area contributed by atoms with Gasteiger partial charge in [0.25, 0.3) is 0 Å². The van der Waals surface area contributed by atoms with Gasteiger partial charge < -0.3 is 4.74 Å². The van der Waals surface area contributed by atoms with Crippen molar-refractivity contribution in [1.29, 1.82) is 0 Å². The third-order valence-electron chi connectivity index (χ3n) is 2.44. The predicted octanol–water partition coefficient (Wildman–Crippen LogP) is 3.79. The van der Waals surface area contributed by atoms with E-state index in [0.717, 1.165) is 28.4 Å². The zero-order chi connectivity index (χ0) is 11.4. The van der Waals surface area contributed by atoms with Gasteiger partial charge in [-0.05, 0) is 25.5 Å². The Morgan fingerprint density at radius 1 is 1.31 bits per heavy atom. The molecule has 0 saturated carbocycles. The quantitative estimate of drug-likeness (QED) is 0.795. The van der Waals surface area contributed by atoms with Crippen LogP contribution >= 0.6 is 15.9 Å². The Morgan fingerprint density at radius 3 is 2.94 bits per heavy atom. The molecule has 1 aromatic heterocycles. The monoisotopic (exact) mass is 279 g/mol. The lowest BCUT2D eigenvalue weighted by Gasteiger charge is -2.14. The third-order valence-corrected chi connectivity index (χ3v) is 2.90. The maximum atomic E-state index is 5.88. The van der Waals surface area contributed by atoms with Gasteiger partial charge in [-0.2, -0.15) is 0 Å². The van der Waals surface area contributed by atoms with E-state index in [1.54, 1.807) is 6.20 Å². The van der Waals surface area contributed by atoms with Crippen LogP contribution in [0.15, 0.2) is 36.5 Å². The number of ether oxygens (including phenoxy) is 1. The van der Waals surface area contributed by atoms with Crippen molar-refractivity contribution >= 4 is 26.8 Å². The molecule has 2 rings (SSSR count). The number of para-hydroxylation sites is 1. The van der Waals surface area contributed by atoms with Crippen molar-refractivity contribution in [1.82, 2.24) is 4.98 Å². The van der Waals surface area contributed by atoms with Gasteiger partial charge in [-0.1, -0.05) is 34.1 Å². The van der Waals surface area contributed by atoms with E-state index in [0.29, 0.717) is 0 Å². The SMILES string of the molecule is CC(CCBr)Oc1cccc2cccnc12. The fourth-order valence-corrected chi connectivity index (χ4v) is 2.25. The smallest absolute Gasteiger partial charge is 0.145 e. The number of fused-ring (bicyclic) bond motifs is 1. The van der Waals surface area contributed by atoms with Gasteiger partial charge in [0.1, 0.15) is 11.3 Å². The summed E-state index contributed by atoms with van der Waals surface area (Å²) in [6.45, 7) is 2.07. The molecule has 1 atom stereocenters. The molecule has 1 aromatic carbocycles. The Morgan fingerprint density at radius 2 is 2.12 bits per heavy atom. The third kappa shape index (κ3) is 2.53. The van der Waals surface area contributed by atoms with Crippen LogP contribution in [0.5, 0.6) is 5.75 Å². The second kappa shape index (κ2) is 5.30. The minimum absolute atomic E-state index is 0.201. The van der Waals surface area contributed by atoms with Crippen molar-refractivity contribution in [2.75, 3.05) is 5.33 Å².